The number of urea groups is 1. The maximum Gasteiger partial charge on any atom is 0.421 e. The molecular weight excluding hydrogens is 675 g/mol. The number of alkyl halides is 3. The Bertz CT molecular complexity index is 1990. The first-order valence-corrected chi connectivity index (χ1v) is 17.6. The van der Waals surface area contributed by atoms with E-state index in [1.54, 1.807) is 35.5 Å². The van der Waals surface area contributed by atoms with E-state index in [4.69, 9.17) is 0 Å². The van der Waals surface area contributed by atoms with E-state index in [1.165, 1.54) is 18.2 Å². The number of piperazine rings is 1. The zero-order valence-electron chi connectivity index (χ0n) is 26.9. The van der Waals surface area contributed by atoms with Gasteiger partial charge in [-0.1, -0.05) is 12.1 Å². The first-order valence-electron chi connectivity index (χ1n) is 15.7. The average Bonchev–Trinajstić information content (AvgIpc) is 3.08. The summed E-state index contributed by atoms with van der Waals surface area (Å²) in [5, 5.41) is 8.00. The Labute approximate surface area is 286 Å². The first kappa shape index (κ1) is 34.6. The Kier molecular flexibility index (Phi) is 9.88. The molecule has 3 amide bonds. The highest BCUT2D eigenvalue weighted by Crippen LogP contribution is 2.34. The maximum absolute atomic E-state index is 13.8. The number of nitrogens with zero attached hydrogens (tertiary/aromatic N) is 6. The van der Waals surface area contributed by atoms with Crippen LogP contribution < -0.4 is 25.8 Å². The quantitative estimate of drug-likeness (QED) is 0.215. The van der Waals surface area contributed by atoms with Crippen LogP contribution in [0.3, 0.4) is 0 Å². The van der Waals surface area contributed by atoms with E-state index in [0.29, 0.717) is 36.2 Å². The molecule has 50 heavy (non-hydrogen) atoms. The number of hydrogen-bond acceptors (Lipinski definition) is 11. The molecule has 0 spiro atoms. The van der Waals surface area contributed by atoms with Crippen LogP contribution in [-0.2, 0) is 33.9 Å². The molecule has 2 aliphatic heterocycles. The van der Waals surface area contributed by atoms with Gasteiger partial charge in [-0.15, -0.1) is 0 Å². The van der Waals surface area contributed by atoms with Crippen molar-refractivity contribution in [3.05, 3.63) is 89.9 Å². The van der Waals surface area contributed by atoms with Gasteiger partial charge in [0, 0.05) is 82.3 Å². The summed E-state index contributed by atoms with van der Waals surface area (Å²) in [7, 11) is -3.48. The number of carbonyl (C=O) groups excluding carboxylic acids is 2. The van der Waals surface area contributed by atoms with Gasteiger partial charge in [-0.25, -0.2) is 18.2 Å². The average molecular weight is 710 g/mol. The summed E-state index contributed by atoms with van der Waals surface area (Å²) < 4.78 is 65.1. The topological polar surface area (TPSA) is 153 Å². The summed E-state index contributed by atoms with van der Waals surface area (Å²) in [4.78, 5) is 42.3. The van der Waals surface area contributed by atoms with E-state index in [9.17, 15) is 31.2 Å². The van der Waals surface area contributed by atoms with Crippen molar-refractivity contribution in [3.8, 4) is 0 Å². The van der Waals surface area contributed by atoms with Gasteiger partial charge < -0.3 is 15.5 Å². The lowest BCUT2D eigenvalue weighted by Crippen LogP contribution is -2.50. The second-order valence-electron chi connectivity index (χ2n) is 11.9. The Hall–Kier alpha value is -5.29. The van der Waals surface area contributed by atoms with Crippen LogP contribution in [0.4, 0.5) is 46.8 Å². The largest absolute Gasteiger partial charge is 0.421 e. The van der Waals surface area contributed by atoms with Crippen molar-refractivity contribution in [2.24, 2.45) is 0 Å². The van der Waals surface area contributed by atoms with Crippen molar-refractivity contribution in [2.45, 2.75) is 30.6 Å². The number of amides is 3. The molecule has 17 heteroatoms. The van der Waals surface area contributed by atoms with Gasteiger partial charge in [0.25, 0.3) is 0 Å². The van der Waals surface area contributed by atoms with Crippen LogP contribution in [0.15, 0.2) is 78.1 Å². The number of pyridine rings is 1. The fourth-order valence-corrected chi connectivity index (χ4v) is 6.42. The SMILES string of the molecule is CS(=O)(=O)c1cccc(CNc2nc(Nc3ccc(N4CCN(Cc5ccncc5N5CCC(=O)NC5=O)CC4)cc3)ncc2C(F)(F)F)c1. The van der Waals surface area contributed by atoms with Gasteiger partial charge in [0.1, 0.15) is 11.4 Å². The Morgan fingerprint density at radius 3 is 2.42 bits per heavy atom. The van der Waals surface area contributed by atoms with Crippen molar-refractivity contribution in [2.75, 3.05) is 59.4 Å². The van der Waals surface area contributed by atoms with Crippen molar-refractivity contribution in [1.82, 2.24) is 25.2 Å². The molecule has 2 saturated heterocycles. The van der Waals surface area contributed by atoms with E-state index in [0.717, 1.165) is 43.7 Å². The highest BCUT2D eigenvalue weighted by atomic mass is 32.2. The fourth-order valence-electron chi connectivity index (χ4n) is 5.73. The van der Waals surface area contributed by atoms with Gasteiger partial charge in [0.2, 0.25) is 11.9 Å². The lowest BCUT2D eigenvalue weighted by atomic mass is 10.1. The van der Waals surface area contributed by atoms with Crippen molar-refractivity contribution >= 4 is 50.6 Å². The zero-order chi connectivity index (χ0) is 35.5. The van der Waals surface area contributed by atoms with Gasteiger partial charge in [-0.2, -0.15) is 18.2 Å². The number of rotatable bonds is 10. The second-order valence-corrected chi connectivity index (χ2v) is 13.9. The molecule has 0 bridgehead atoms. The number of carbonyl (C=O) groups is 2. The van der Waals surface area contributed by atoms with E-state index >= 15 is 0 Å². The Morgan fingerprint density at radius 2 is 1.72 bits per heavy atom. The molecule has 3 N–H and O–H groups in total. The van der Waals surface area contributed by atoms with Crippen LogP contribution in [-0.4, -0.2) is 79.2 Å². The van der Waals surface area contributed by atoms with Crippen LogP contribution in [0.25, 0.3) is 0 Å². The van der Waals surface area contributed by atoms with Gasteiger partial charge in [-0.3, -0.25) is 24.9 Å². The molecule has 0 saturated carbocycles. The van der Waals surface area contributed by atoms with Crippen LogP contribution in [0.2, 0.25) is 0 Å². The van der Waals surface area contributed by atoms with Gasteiger partial charge in [-0.05, 0) is 53.6 Å². The third-order valence-electron chi connectivity index (χ3n) is 8.37. The number of hydrogen-bond donors (Lipinski definition) is 3. The molecular formula is C33H34F3N9O4S. The van der Waals surface area contributed by atoms with Crippen molar-refractivity contribution in [3.63, 3.8) is 0 Å². The van der Waals surface area contributed by atoms with Crippen LogP contribution >= 0.6 is 0 Å². The number of halogens is 3. The summed E-state index contributed by atoms with van der Waals surface area (Å²) in [6.07, 6.45) is 0.611. The minimum atomic E-state index is -4.72. The lowest BCUT2D eigenvalue weighted by molar-refractivity contribution is -0.137. The molecule has 262 valence electrons. The Balaban J connectivity index is 1.07. The standard InChI is InChI=1S/C33H34F3N9O4S/c1-50(48,49)26-4-2-3-22(17-26)18-38-30-27(33(34,35)36)19-39-31(42-30)40-24-5-7-25(8-6-24)44-15-13-43(14-16-44)21-23-9-11-37-20-28(23)45-12-10-29(46)41-32(45)47/h2-9,11,17,19-20H,10,12-16,18,21H2,1H3,(H,41,46,47)(H2,38,39,40,42). The molecule has 0 atom stereocenters. The third kappa shape index (κ3) is 8.28. The maximum atomic E-state index is 13.8. The summed E-state index contributed by atoms with van der Waals surface area (Å²) in [5.74, 6) is -0.779. The van der Waals surface area contributed by atoms with Crippen LogP contribution in [0.1, 0.15) is 23.1 Å². The fraction of sp³-hybridized carbons (Fsp3) is 0.303. The molecule has 4 heterocycles. The molecule has 0 radical (unpaired) electrons. The molecule has 2 aromatic carbocycles. The molecule has 0 aliphatic carbocycles. The second kappa shape index (κ2) is 14.3. The van der Waals surface area contributed by atoms with E-state index in [-0.39, 0.29) is 29.7 Å². The molecule has 2 fully saturated rings. The van der Waals surface area contributed by atoms with Gasteiger partial charge in [0.15, 0.2) is 9.84 Å². The smallest absolute Gasteiger partial charge is 0.369 e. The van der Waals surface area contributed by atoms with E-state index in [2.05, 4.69) is 40.7 Å². The monoisotopic (exact) mass is 709 g/mol. The van der Waals surface area contributed by atoms with E-state index in [1.807, 2.05) is 18.2 Å². The highest BCUT2D eigenvalue weighted by Gasteiger charge is 2.35. The number of aromatic nitrogens is 3. The predicted octanol–water partition coefficient (Wildman–Crippen LogP) is 4.42. The molecule has 4 aromatic rings. The third-order valence-corrected chi connectivity index (χ3v) is 9.48. The minimum Gasteiger partial charge on any atom is -0.369 e. The molecule has 0 unspecified atom stereocenters. The summed E-state index contributed by atoms with van der Waals surface area (Å²) in [6.45, 7) is 3.84. The number of imide groups is 1. The van der Waals surface area contributed by atoms with E-state index < -0.39 is 33.4 Å². The van der Waals surface area contributed by atoms with Crippen molar-refractivity contribution in [1.29, 1.82) is 0 Å². The summed E-state index contributed by atoms with van der Waals surface area (Å²) >= 11 is 0. The predicted molar refractivity (Wildman–Crippen MR) is 181 cm³/mol. The van der Waals surface area contributed by atoms with Gasteiger partial charge in [0.05, 0.1) is 16.8 Å². The summed E-state index contributed by atoms with van der Waals surface area (Å²) in [5.41, 5.74) is 2.60. The van der Waals surface area contributed by atoms with Crippen LogP contribution in [0.5, 0.6) is 0 Å². The first-order chi connectivity index (χ1) is 23.8. The van der Waals surface area contributed by atoms with Crippen LogP contribution in [0, 0.1) is 0 Å². The van der Waals surface area contributed by atoms with Gasteiger partial charge >= 0.3 is 12.2 Å². The summed E-state index contributed by atoms with van der Waals surface area (Å²) in [6, 6.07) is 14.8. The number of sulfone groups is 1. The zero-order valence-corrected chi connectivity index (χ0v) is 27.8. The highest BCUT2D eigenvalue weighted by molar-refractivity contribution is 7.90. The van der Waals surface area contributed by atoms with Crippen molar-refractivity contribution < 1.29 is 31.2 Å². The minimum absolute atomic E-state index is 0.0455. The molecule has 2 aromatic heterocycles. The molecule has 2 aliphatic rings. The normalized spacial score (nSPS) is 15.9. The number of nitrogens with one attached hydrogen (secondary N) is 3. The Morgan fingerprint density at radius 1 is 0.960 bits per heavy atom. The number of anilines is 5. The lowest BCUT2D eigenvalue weighted by Gasteiger charge is -2.37. The molecule has 13 nitrogen and oxygen atoms in total. The molecule has 6 rings (SSSR count). The number of benzene rings is 2.